The topological polar surface area (TPSA) is 76.9 Å². The number of rotatable bonds is 6. The van der Waals surface area contributed by atoms with E-state index in [0.29, 0.717) is 12.5 Å². The van der Waals surface area contributed by atoms with E-state index in [-0.39, 0.29) is 23.1 Å². The Morgan fingerprint density at radius 2 is 1.96 bits per heavy atom. The van der Waals surface area contributed by atoms with E-state index in [4.69, 9.17) is 0 Å². The number of aryl methyl sites for hydroxylation is 2. The molecule has 0 atom stereocenters. The van der Waals surface area contributed by atoms with Gasteiger partial charge in [0.1, 0.15) is 0 Å². The molecule has 130 valence electrons. The molecule has 6 nitrogen and oxygen atoms in total. The second kappa shape index (κ2) is 5.55. The molecule has 0 radical (unpaired) electrons. The monoisotopic (exact) mass is 340 g/mol. The van der Waals surface area contributed by atoms with Gasteiger partial charge in [-0.2, -0.15) is 0 Å². The molecule has 2 saturated carbocycles. The molecule has 1 aromatic rings. The lowest BCUT2D eigenvalue weighted by Gasteiger charge is -2.37. The lowest BCUT2D eigenvalue weighted by molar-refractivity contribution is 0.155. The van der Waals surface area contributed by atoms with E-state index in [0.717, 1.165) is 24.2 Å². The third-order valence-electron chi connectivity index (χ3n) is 6.59. The summed E-state index contributed by atoms with van der Waals surface area (Å²) in [6.07, 6.45) is 4.43. The number of fused-ring (bicyclic) bond motifs is 2. The molecule has 0 saturated heterocycles. The van der Waals surface area contributed by atoms with Crippen LogP contribution in [0.2, 0.25) is 0 Å². The van der Waals surface area contributed by atoms with Gasteiger partial charge in [0.25, 0.3) is 0 Å². The van der Waals surface area contributed by atoms with Crippen molar-refractivity contribution in [2.24, 2.45) is 16.7 Å². The first-order chi connectivity index (χ1) is 10.7. The zero-order chi connectivity index (χ0) is 16.9. The average Bonchev–Trinajstić information content (AvgIpc) is 3.03. The van der Waals surface area contributed by atoms with Gasteiger partial charge in [0.05, 0.1) is 23.7 Å². The highest BCUT2D eigenvalue weighted by atomic mass is 32.2. The first-order valence-corrected chi connectivity index (χ1v) is 10.2. The molecule has 0 spiro atoms. The second-order valence-electron chi connectivity index (χ2n) is 7.79. The van der Waals surface area contributed by atoms with Crippen LogP contribution in [0.15, 0.2) is 0 Å². The Morgan fingerprint density at radius 3 is 2.48 bits per heavy atom. The minimum atomic E-state index is -3.32. The first-order valence-electron chi connectivity index (χ1n) is 8.57. The number of sulfonamides is 1. The largest absolute Gasteiger partial charge is 0.248 e. The third-order valence-corrected chi connectivity index (χ3v) is 8.10. The zero-order valence-corrected chi connectivity index (χ0v) is 15.4. The Balaban J connectivity index is 1.72. The van der Waals surface area contributed by atoms with E-state index in [2.05, 4.69) is 28.9 Å². The smallest absolute Gasteiger partial charge is 0.212 e. The molecule has 2 bridgehead atoms. The fraction of sp³-hybridized carbons (Fsp3) is 0.875. The van der Waals surface area contributed by atoms with E-state index in [1.54, 1.807) is 4.68 Å². The van der Waals surface area contributed by atoms with Crippen LogP contribution in [0, 0.1) is 23.7 Å². The molecule has 0 aliphatic heterocycles. The summed E-state index contributed by atoms with van der Waals surface area (Å²) in [4.78, 5) is 0. The molecule has 0 aromatic carbocycles. The van der Waals surface area contributed by atoms with Crippen LogP contribution >= 0.6 is 0 Å². The van der Waals surface area contributed by atoms with Crippen molar-refractivity contribution in [1.82, 2.24) is 19.7 Å². The van der Waals surface area contributed by atoms with Crippen molar-refractivity contribution in [3.05, 3.63) is 11.4 Å². The highest BCUT2D eigenvalue weighted by molar-refractivity contribution is 7.89. The summed E-state index contributed by atoms with van der Waals surface area (Å²) < 4.78 is 29.9. The van der Waals surface area contributed by atoms with Gasteiger partial charge in [0.15, 0.2) is 0 Å². The quantitative estimate of drug-likeness (QED) is 0.861. The summed E-state index contributed by atoms with van der Waals surface area (Å²) in [5.74, 6) is 0.932. The van der Waals surface area contributed by atoms with Gasteiger partial charge in [-0.25, -0.2) is 17.8 Å². The predicted molar refractivity (Wildman–Crippen MR) is 89.2 cm³/mol. The molecule has 0 amide bonds. The molecule has 1 heterocycles. The van der Waals surface area contributed by atoms with Gasteiger partial charge in [0.2, 0.25) is 10.0 Å². The van der Waals surface area contributed by atoms with Crippen LogP contribution in [0.25, 0.3) is 0 Å². The summed E-state index contributed by atoms with van der Waals surface area (Å²) in [7, 11) is -3.32. The minimum Gasteiger partial charge on any atom is -0.248 e. The van der Waals surface area contributed by atoms with Crippen LogP contribution in [-0.2, 0) is 23.1 Å². The zero-order valence-electron chi connectivity index (χ0n) is 14.6. The van der Waals surface area contributed by atoms with Crippen molar-refractivity contribution < 1.29 is 8.42 Å². The van der Waals surface area contributed by atoms with Crippen LogP contribution < -0.4 is 4.72 Å². The molecule has 3 rings (SSSR count). The molecular weight excluding hydrogens is 312 g/mol. The average molecular weight is 340 g/mol. The standard InChI is InChI=1S/C16H28N4O2S/c1-5-20-14(12(2)18-19-20)10-17-23(21,22)11-16-8-6-13(7-9-16)15(16,3)4/h13,17H,5-11H2,1-4H3. The maximum atomic E-state index is 12.7. The molecule has 2 aliphatic rings. The number of hydrogen-bond acceptors (Lipinski definition) is 4. The lowest BCUT2D eigenvalue weighted by atomic mass is 9.71. The van der Waals surface area contributed by atoms with Crippen LogP contribution in [0.4, 0.5) is 0 Å². The Kier molecular flexibility index (Phi) is 4.08. The SMILES string of the molecule is CCn1nnc(C)c1CNS(=O)(=O)CC12CCC(CC1)C2(C)C. The maximum absolute atomic E-state index is 12.7. The van der Waals surface area contributed by atoms with E-state index >= 15 is 0 Å². The molecular formula is C16H28N4O2S. The summed E-state index contributed by atoms with van der Waals surface area (Å²) in [5.41, 5.74) is 1.71. The van der Waals surface area contributed by atoms with E-state index in [1.165, 1.54) is 12.8 Å². The minimum absolute atomic E-state index is 0.0538. The molecule has 7 heteroatoms. The van der Waals surface area contributed by atoms with Crippen molar-refractivity contribution in [2.75, 3.05) is 5.75 Å². The molecule has 2 fully saturated rings. The predicted octanol–water partition coefficient (Wildman–Crippen LogP) is 2.24. The Hall–Kier alpha value is -0.950. The van der Waals surface area contributed by atoms with Crippen LogP contribution in [0.5, 0.6) is 0 Å². The molecule has 1 N–H and O–H groups in total. The van der Waals surface area contributed by atoms with Crippen molar-refractivity contribution >= 4 is 10.0 Å². The first kappa shape index (κ1) is 16.9. The number of nitrogens with one attached hydrogen (secondary N) is 1. The Labute approximate surface area is 139 Å². The summed E-state index contributed by atoms with van der Waals surface area (Å²) in [6.45, 7) is 9.32. The summed E-state index contributed by atoms with van der Waals surface area (Å²) >= 11 is 0. The molecule has 0 unspecified atom stereocenters. The van der Waals surface area contributed by atoms with E-state index in [9.17, 15) is 8.42 Å². The van der Waals surface area contributed by atoms with Gasteiger partial charge in [0, 0.05) is 6.54 Å². The van der Waals surface area contributed by atoms with Gasteiger partial charge in [-0.15, -0.1) is 5.10 Å². The molecule has 1 aromatic heterocycles. The van der Waals surface area contributed by atoms with Crippen molar-refractivity contribution in [3.8, 4) is 0 Å². The number of nitrogens with zero attached hydrogens (tertiary/aromatic N) is 3. The number of aromatic nitrogens is 3. The maximum Gasteiger partial charge on any atom is 0.212 e. The number of hydrogen-bond donors (Lipinski definition) is 1. The van der Waals surface area contributed by atoms with Gasteiger partial charge in [-0.3, -0.25) is 0 Å². The summed E-state index contributed by atoms with van der Waals surface area (Å²) in [6, 6.07) is 0. The van der Waals surface area contributed by atoms with E-state index < -0.39 is 10.0 Å². The fourth-order valence-electron chi connectivity index (χ4n) is 4.79. The van der Waals surface area contributed by atoms with Crippen molar-refractivity contribution in [1.29, 1.82) is 0 Å². The lowest BCUT2D eigenvalue weighted by Crippen LogP contribution is -2.41. The Bertz CT molecular complexity index is 685. The van der Waals surface area contributed by atoms with Gasteiger partial charge in [-0.1, -0.05) is 19.1 Å². The second-order valence-corrected chi connectivity index (χ2v) is 9.60. The van der Waals surface area contributed by atoms with Gasteiger partial charge >= 0.3 is 0 Å². The van der Waals surface area contributed by atoms with E-state index in [1.807, 2.05) is 13.8 Å². The highest BCUT2D eigenvalue weighted by Crippen LogP contribution is 2.66. The fourth-order valence-corrected chi connectivity index (χ4v) is 6.63. The Morgan fingerprint density at radius 1 is 1.30 bits per heavy atom. The van der Waals surface area contributed by atoms with Crippen molar-refractivity contribution in [2.45, 2.75) is 66.5 Å². The van der Waals surface area contributed by atoms with Gasteiger partial charge in [-0.05, 0) is 56.3 Å². The summed E-state index contributed by atoms with van der Waals surface area (Å²) in [5, 5.41) is 8.06. The third kappa shape index (κ3) is 2.71. The van der Waals surface area contributed by atoms with Crippen LogP contribution in [0.3, 0.4) is 0 Å². The molecule has 23 heavy (non-hydrogen) atoms. The molecule has 2 aliphatic carbocycles. The normalized spacial score (nSPS) is 29.3. The van der Waals surface area contributed by atoms with Gasteiger partial charge < -0.3 is 0 Å². The van der Waals surface area contributed by atoms with Crippen LogP contribution in [-0.4, -0.2) is 29.2 Å². The van der Waals surface area contributed by atoms with Crippen LogP contribution in [0.1, 0.15) is 57.8 Å². The highest BCUT2D eigenvalue weighted by Gasteiger charge is 2.59. The van der Waals surface area contributed by atoms with Crippen molar-refractivity contribution in [3.63, 3.8) is 0 Å².